The van der Waals surface area contributed by atoms with E-state index in [0.29, 0.717) is 30.4 Å². The Kier molecular flexibility index (Phi) is 5.45. The highest BCUT2D eigenvalue weighted by atomic mass is 35.5. The fraction of sp³-hybridized carbons (Fsp3) is 0.467. The van der Waals surface area contributed by atoms with Crippen molar-refractivity contribution in [3.63, 3.8) is 0 Å². The van der Waals surface area contributed by atoms with E-state index < -0.39 is 12.0 Å². The lowest BCUT2D eigenvalue weighted by molar-refractivity contribution is -0.165. The highest BCUT2D eigenvalue weighted by molar-refractivity contribution is 6.29. The van der Waals surface area contributed by atoms with Crippen LogP contribution < -0.4 is 0 Å². The van der Waals surface area contributed by atoms with E-state index in [-0.39, 0.29) is 0 Å². The quantitative estimate of drug-likeness (QED) is 0.616. The van der Waals surface area contributed by atoms with Crippen LogP contribution in [0.25, 0.3) is 0 Å². The molecule has 1 aliphatic rings. The molecule has 3 nitrogen and oxygen atoms in total. The minimum Gasteiger partial charge on any atom is -0.370 e. The van der Waals surface area contributed by atoms with E-state index in [1.807, 2.05) is 4.90 Å². The van der Waals surface area contributed by atoms with Gasteiger partial charge in [-0.15, -0.1) is 0 Å². The average Bonchev–Trinajstić information content (AvgIpc) is 2.66. The summed E-state index contributed by atoms with van der Waals surface area (Å²) in [6, 6.07) is 3.42. The van der Waals surface area contributed by atoms with Crippen molar-refractivity contribution in [2.75, 3.05) is 6.54 Å². The number of halogens is 4. The minimum atomic E-state index is -4.83. The van der Waals surface area contributed by atoms with Gasteiger partial charge >= 0.3 is 6.18 Å². The maximum Gasteiger partial charge on any atom is 0.454 e. The van der Waals surface area contributed by atoms with Gasteiger partial charge in [-0.1, -0.05) is 24.1 Å². The average molecular weight is 333 g/mol. The van der Waals surface area contributed by atoms with Crippen LogP contribution in [0.15, 0.2) is 30.1 Å². The Hall–Kier alpha value is -1.56. The number of pyridine rings is 1. The number of rotatable bonds is 3. The van der Waals surface area contributed by atoms with E-state index in [9.17, 15) is 18.0 Å². The normalized spacial score (nSPS) is 18.4. The zero-order valence-electron chi connectivity index (χ0n) is 11.9. The molecule has 0 aromatic carbocycles. The number of carbonyl (C=O) groups excluding carboxylic acids is 1. The Morgan fingerprint density at radius 2 is 2.09 bits per heavy atom. The van der Waals surface area contributed by atoms with Gasteiger partial charge in [0, 0.05) is 31.1 Å². The fourth-order valence-corrected chi connectivity index (χ4v) is 2.50. The molecule has 2 heterocycles. The Bertz CT molecular complexity index is 555. The van der Waals surface area contributed by atoms with Crippen LogP contribution in [0.1, 0.15) is 31.2 Å². The Morgan fingerprint density at radius 1 is 1.32 bits per heavy atom. The molecule has 1 aliphatic heterocycles. The van der Waals surface area contributed by atoms with Crippen molar-refractivity contribution in [1.82, 2.24) is 9.88 Å². The summed E-state index contributed by atoms with van der Waals surface area (Å²) in [6.07, 6.45) is 0.582. The number of hydrogen-bond donors (Lipinski definition) is 0. The molecule has 0 unspecified atom stereocenters. The van der Waals surface area contributed by atoms with Gasteiger partial charge in [0.05, 0.1) is 0 Å². The molecule has 0 N–H and O–H groups in total. The lowest BCUT2D eigenvalue weighted by Gasteiger charge is -2.25. The van der Waals surface area contributed by atoms with E-state index >= 15 is 0 Å². The Balaban J connectivity index is 2.18. The predicted octanol–water partition coefficient (Wildman–Crippen LogP) is 4.13. The van der Waals surface area contributed by atoms with E-state index in [2.05, 4.69) is 4.98 Å². The van der Waals surface area contributed by atoms with Crippen LogP contribution in [0.3, 0.4) is 0 Å². The first-order chi connectivity index (χ1) is 10.4. The Labute approximate surface area is 131 Å². The first kappa shape index (κ1) is 16.8. The van der Waals surface area contributed by atoms with Gasteiger partial charge in [-0.2, -0.15) is 13.2 Å². The first-order valence-corrected chi connectivity index (χ1v) is 7.41. The third kappa shape index (κ3) is 4.73. The van der Waals surface area contributed by atoms with E-state index in [4.69, 9.17) is 11.6 Å². The van der Waals surface area contributed by atoms with Crippen molar-refractivity contribution in [3.05, 3.63) is 40.8 Å². The zero-order valence-corrected chi connectivity index (χ0v) is 12.6. The van der Waals surface area contributed by atoms with Crippen molar-refractivity contribution >= 4 is 17.4 Å². The second-order valence-corrected chi connectivity index (χ2v) is 5.61. The summed E-state index contributed by atoms with van der Waals surface area (Å²) in [4.78, 5) is 17.0. The molecular formula is C15H16ClF3N2O. The third-order valence-electron chi connectivity index (χ3n) is 3.51. The summed E-state index contributed by atoms with van der Waals surface area (Å²) in [7, 11) is 0. The number of carbonyl (C=O) groups is 1. The van der Waals surface area contributed by atoms with Crippen molar-refractivity contribution in [2.24, 2.45) is 0 Å². The van der Waals surface area contributed by atoms with Crippen molar-refractivity contribution in [2.45, 2.75) is 38.4 Å². The lowest BCUT2D eigenvalue weighted by Crippen LogP contribution is -2.26. The number of nitrogens with zero attached hydrogens (tertiary/aromatic N) is 2. The molecule has 0 spiro atoms. The number of alkyl halides is 3. The largest absolute Gasteiger partial charge is 0.454 e. The molecule has 22 heavy (non-hydrogen) atoms. The number of aromatic nitrogens is 1. The fourth-order valence-electron chi connectivity index (χ4n) is 2.38. The highest BCUT2D eigenvalue weighted by Crippen LogP contribution is 2.25. The highest BCUT2D eigenvalue weighted by Gasteiger charge is 2.37. The lowest BCUT2D eigenvalue weighted by atomic mass is 10.1. The molecule has 0 radical (unpaired) electrons. The summed E-state index contributed by atoms with van der Waals surface area (Å²) in [5.41, 5.74) is 1.28. The maximum atomic E-state index is 12.5. The van der Waals surface area contributed by atoms with E-state index in [1.54, 1.807) is 18.3 Å². The SMILES string of the molecule is O=C(/C=C1\CCCCCN1Cc1ccc(Cl)nc1)C(F)(F)F. The molecule has 7 heteroatoms. The zero-order chi connectivity index (χ0) is 16.2. The van der Waals surface area contributed by atoms with Crippen LogP contribution in [0.2, 0.25) is 5.15 Å². The molecule has 120 valence electrons. The molecule has 1 aromatic rings. The van der Waals surface area contributed by atoms with Crippen molar-refractivity contribution in [3.8, 4) is 0 Å². The molecule has 0 saturated carbocycles. The van der Waals surface area contributed by atoms with E-state index in [0.717, 1.165) is 30.9 Å². The molecule has 1 aromatic heterocycles. The van der Waals surface area contributed by atoms with Crippen LogP contribution in [-0.2, 0) is 11.3 Å². The van der Waals surface area contributed by atoms with Crippen LogP contribution >= 0.6 is 11.6 Å². The Morgan fingerprint density at radius 3 is 2.73 bits per heavy atom. The summed E-state index contributed by atoms with van der Waals surface area (Å²) in [5.74, 6) is -1.80. The summed E-state index contributed by atoms with van der Waals surface area (Å²) in [6.45, 7) is 1.04. The number of hydrogen-bond acceptors (Lipinski definition) is 3. The molecule has 2 rings (SSSR count). The van der Waals surface area contributed by atoms with Crippen LogP contribution in [-0.4, -0.2) is 28.4 Å². The van der Waals surface area contributed by atoms with Crippen LogP contribution in [0, 0.1) is 0 Å². The van der Waals surface area contributed by atoms with Gasteiger partial charge in [0.1, 0.15) is 5.15 Å². The summed E-state index contributed by atoms with van der Waals surface area (Å²) in [5, 5.41) is 0.364. The molecular weight excluding hydrogens is 317 g/mol. The van der Waals surface area contributed by atoms with Crippen molar-refractivity contribution < 1.29 is 18.0 Å². The number of likely N-dealkylation sites (tertiary alicyclic amines) is 1. The smallest absolute Gasteiger partial charge is 0.370 e. The standard InChI is InChI=1S/C15H16ClF3N2O/c16-14-6-5-11(9-20-14)10-21-7-3-1-2-4-12(21)8-13(22)15(17,18)19/h5-6,8-9H,1-4,7,10H2/b12-8+. The van der Waals surface area contributed by atoms with Crippen molar-refractivity contribution in [1.29, 1.82) is 0 Å². The molecule has 0 bridgehead atoms. The predicted molar refractivity (Wildman–Crippen MR) is 77.3 cm³/mol. The molecule has 1 saturated heterocycles. The van der Waals surface area contributed by atoms with Gasteiger partial charge in [0.15, 0.2) is 0 Å². The van der Waals surface area contributed by atoms with E-state index in [1.165, 1.54) is 0 Å². The molecule has 1 fully saturated rings. The van der Waals surface area contributed by atoms with Crippen LogP contribution in [0.4, 0.5) is 13.2 Å². The van der Waals surface area contributed by atoms with Crippen LogP contribution in [0.5, 0.6) is 0 Å². The van der Waals surface area contributed by atoms with Gasteiger partial charge in [-0.05, 0) is 30.9 Å². The number of ketones is 1. The maximum absolute atomic E-state index is 12.5. The summed E-state index contributed by atoms with van der Waals surface area (Å²) >= 11 is 5.72. The third-order valence-corrected chi connectivity index (χ3v) is 3.73. The van der Waals surface area contributed by atoms with Gasteiger partial charge in [0.25, 0.3) is 5.78 Å². The second-order valence-electron chi connectivity index (χ2n) is 5.22. The molecule has 0 aliphatic carbocycles. The number of allylic oxidation sites excluding steroid dienone is 2. The molecule has 0 atom stereocenters. The molecule has 0 amide bonds. The minimum absolute atomic E-state index is 0.364. The van der Waals surface area contributed by atoms with Gasteiger partial charge in [0.2, 0.25) is 0 Å². The second kappa shape index (κ2) is 7.13. The van der Waals surface area contributed by atoms with Gasteiger partial charge in [-0.3, -0.25) is 4.79 Å². The summed E-state index contributed by atoms with van der Waals surface area (Å²) < 4.78 is 37.4. The van der Waals surface area contributed by atoms with Gasteiger partial charge in [-0.25, -0.2) is 4.98 Å². The topological polar surface area (TPSA) is 33.2 Å². The monoisotopic (exact) mass is 332 g/mol. The first-order valence-electron chi connectivity index (χ1n) is 7.03. The van der Waals surface area contributed by atoms with Gasteiger partial charge < -0.3 is 4.90 Å².